The lowest BCUT2D eigenvalue weighted by atomic mass is 9.86. The highest BCUT2D eigenvalue weighted by Gasteiger charge is 2.52. The molecule has 0 unspecified atom stereocenters. The summed E-state index contributed by atoms with van der Waals surface area (Å²) in [5, 5.41) is 7.15. The molecule has 0 N–H and O–H groups in total. The van der Waals surface area contributed by atoms with Gasteiger partial charge in [0.2, 0.25) is 5.13 Å². The van der Waals surface area contributed by atoms with Crippen molar-refractivity contribution < 1.29 is 9.31 Å². The second-order valence-electron chi connectivity index (χ2n) is 6.04. The Kier molecular flexibility index (Phi) is 3.04. The Morgan fingerprint density at radius 2 is 1.85 bits per heavy atom. The molecule has 106 valence electrons. The van der Waals surface area contributed by atoms with E-state index in [-0.39, 0.29) is 11.2 Å². The van der Waals surface area contributed by atoms with Gasteiger partial charge in [-0.25, -0.2) is 9.67 Å². The number of aromatic nitrogens is 3. The molecular weight excluding hydrogens is 273 g/mol. The van der Waals surface area contributed by atoms with Crippen LogP contribution in [-0.2, 0) is 9.31 Å². The third-order valence-electron chi connectivity index (χ3n) is 3.92. The summed E-state index contributed by atoms with van der Waals surface area (Å²) in [5.41, 5.74) is 1.09. The van der Waals surface area contributed by atoms with Crippen LogP contribution in [-0.4, -0.2) is 33.1 Å². The molecule has 2 aromatic heterocycles. The van der Waals surface area contributed by atoms with Crippen molar-refractivity contribution >= 4 is 24.0 Å². The van der Waals surface area contributed by atoms with Crippen LogP contribution < -0.4 is 5.59 Å². The van der Waals surface area contributed by atoms with Crippen LogP contribution in [0.3, 0.4) is 0 Å². The van der Waals surface area contributed by atoms with E-state index in [1.54, 1.807) is 4.68 Å². The van der Waals surface area contributed by atoms with E-state index in [4.69, 9.17) is 9.31 Å². The van der Waals surface area contributed by atoms with Crippen molar-refractivity contribution in [2.75, 3.05) is 0 Å². The summed E-state index contributed by atoms with van der Waals surface area (Å²) in [5.74, 6) is 0. The molecule has 1 aliphatic rings. The minimum absolute atomic E-state index is 0.344. The van der Waals surface area contributed by atoms with E-state index in [1.165, 1.54) is 11.3 Å². The molecule has 3 rings (SSSR count). The van der Waals surface area contributed by atoms with Crippen molar-refractivity contribution in [1.29, 1.82) is 0 Å². The van der Waals surface area contributed by atoms with E-state index < -0.39 is 7.12 Å². The Morgan fingerprint density at radius 1 is 1.20 bits per heavy atom. The monoisotopic (exact) mass is 291 g/mol. The summed E-state index contributed by atoms with van der Waals surface area (Å²) in [7, 11) is -0.415. The Labute approximate surface area is 123 Å². The maximum absolute atomic E-state index is 6.00. The average molecular weight is 291 g/mol. The highest BCUT2D eigenvalue weighted by Crippen LogP contribution is 2.36. The highest BCUT2D eigenvalue weighted by molar-refractivity contribution is 7.13. The zero-order valence-corrected chi connectivity index (χ0v) is 13.2. The molecule has 20 heavy (non-hydrogen) atoms. The van der Waals surface area contributed by atoms with E-state index in [1.807, 2.05) is 52.3 Å². The molecule has 3 heterocycles. The molecule has 0 spiro atoms. The van der Waals surface area contributed by atoms with Crippen molar-refractivity contribution in [2.45, 2.75) is 45.8 Å². The molecule has 0 amide bonds. The lowest BCUT2D eigenvalue weighted by Gasteiger charge is -2.32. The topological polar surface area (TPSA) is 49.2 Å². The molecular formula is C13H18BN3O2S. The zero-order valence-electron chi connectivity index (χ0n) is 12.4. The predicted octanol–water partition coefficient (Wildman–Crippen LogP) is 1.94. The Morgan fingerprint density at radius 3 is 2.40 bits per heavy atom. The van der Waals surface area contributed by atoms with Crippen LogP contribution in [0.1, 0.15) is 33.4 Å². The summed E-state index contributed by atoms with van der Waals surface area (Å²) in [4.78, 5) is 4.58. The van der Waals surface area contributed by atoms with Gasteiger partial charge in [-0.3, -0.25) is 0 Å². The summed E-state index contributed by atoms with van der Waals surface area (Å²) < 4.78 is 13.8. The molecule has 0 bridgehead atoms. The first-order valence-electron chi connectivity index (χ1n) is 6.62. The molecule has 7 heteroatoms. The largest absolute Gasteiger partial charge is 0.515 e. The van der Waals surface area contributed by atoms with E-state index in [0.717, 1.165) is 16.4 Å². The van der Waals surface area contributed by atoms with E-state index in [9.17, 15) is 0 Å². The van der Waals surface area contributed by atoms with Crippen LogP contribution in [0.15, 0.2) is 17.6 Å². The molecule has 0 atom stereocenters. The van der Waals surface area contributed by atoms with Crippen molar-refractivity contribution in [3.63, 3.8) is 0 Å². The van der Waals surface area contributed by atoms with Crippen molar-refractivity contribution in [3.8, 4) is 5.13 Å². The molecule has 2 aromatic rings. The van der Waals surface area contributed by atoms with Gasteiger partial charge in [-0.2, -0.15) is 5.10 Å². The third-order valence-corrected chi connectivity index (χ3v) is 4.77. The van der Waals surface area contributed by atoms with Gasteiger partial charge < -0.3 is 9.31 Å². The minimum Gasteiger partial charge on any atom is -0.398 e. The van der Waals surface area contributed by atoms with Gasteiger partial charge in [0.15, 0.2) is 0 Å². The van der Waals surface area contributed by atoms with Gasteiger partial charge in [0.25, 0.3) is 0 Å². The maximum atomic E-state index is 6.00. The molecule has 1 fully saturated rings. The van der Waals surface area contributed by atoms with Gasteiger partial charge in [0.05, 0.1) is 22.5 Å². The van der Waals surface area contributed by atoms with Gasteiger partial charge in [0.1, 0.15) is 0 Å². The minimum atomic E-state index is -0.415. The van der Waals surface area contributed by atoms with Gasteiger partial charge in [-0.05, 0) is 40.7 Å². The first-order valence-corrected chi connectivity index (χ1v) is 7.50. The summed E-state index contributed by atoms with van der Waals surface area (Å²) in [6.45, 7) is 10.1. The van der Waals surface area contributed by atoms with E-state index >= 15 is 0 Å². The van der Waals surface area contributed by atoms with E-state index in [0.29, 0.717) is 0 Å². The molecule has 0 radical (unpaired) electrons. The van der Waals surface area contributed by atoms with Crippen LogP contribution in [0.4, 0.5) is 0 Å². The van der Waals surface area contributed by atoms with Gasteiger partial charge >= 0.3 is 7.12 Å². The van der Waals surface area contributed by atoms with Crippen LogP contribution in [0.5, 0.6) is 0 Å². The second kappa shape index (κ2) is 4.41. The van der Waals surface area contributed by atoms with Gasteiger partial charge in [0, 0.05) is 11.6 Å². The Bertz CT molecular complexity index is 619. The van der Waals surface area contributed by atoms with Crippen molar-refractivity contribution in [2.24, 2.45) is 0 Å². The molecule has 1 aliphatic heterocycles. The fourth-order valence-corrected chi connectivity index (χ4v) is 2.73. The highest BCUT2D eigenvalue weighted by atomic mass is 32.1. The van der Waals surface area contributed by atoms with Crippen LogP contribution in [0.2, 0.25) is 0 Å². The number of hydrogen-bond donors (Lipinski definition) is 0. The smallest absolute Gasteiger partial charge is 0.398 e. The first kappa shape index (κ1) is 13.8. The maximum Gasteiger partial charge on any atom is 0.515 e. The number of aryl methyl sites for hydroxylation is 1. The number of nitrogens with zero attached hydrogens (tertiary/aromatic N) is 3. The molecule has 0 saturated carbocycles. The van der Waals surface area contributed by atoms with Gasteiger partial charge in [-0.1, -0.05) is 0 Å². The second-order valence-corrected chi connectivity index (χ2v) is 6.88. The number of hydrogen-bond acceptors (Lipinski definition) is 5. The third kappa shape index (κ3) is 2.19. The van der Waals surface area contributed by atoms with Crippen molar-refractivity contribution in [1.82, 2.24) is 14.8 Å². The van der Waals surface area contributed by atoms with Crippen LogP contribution in [0, 0.1) is 6.92 Å². The van der Waals surface area contributed by atoms with Crippen molar-refractivity contribution in [3.05, 3.63) is 23.3 Å². The average Bonchev–Trinajstić information content (AvgIpc) is 2.98. The quantitative estimate of drug-likeness (QED) is 0.793. The van der Waals surface area contributed by atoms with E-state index in [2.05, 4.69) is 10.1 Å². The predicted molar refractivity (Wildman–Crippen MR) is 79.7 cm³/mol. The molecule has 0 aliphatic carbocycles. The summed E-state index contributed by atoms with van der Waals surface area (Å²) >= 11 is 1.53. The lowest BCUT2D eigenvalue weighted by molar-refractivity contribution is 0.00578. The molecule has 0 aromatic carbocycles. The Hall–Kier alpha value is -1.18. The standard InChI is InChI=1S/C13H18BN3O2S/c1-9-6-7-17(16-9)11-15-10(8-20-11)14-18-12(2,3)13(4,5)19-14/h6-8H,1-5H3. The Balaban J connectivity index is 1.85. The molecule has 1 saturated heterocycles. The summed E-state index contributed by atoms with van der Waals surface area (Å²) in [6.07, 6.45) is 1.90. The number of thiazole rings is 1. The fraction of sp³-hybridized carbons (Fsp3) is 0.538. The zero-order chi connectivity index (χ0) is 14.5. The normalized spacial score (nSPS) is 20.6. The van der Waals surface area contributed by atoms with Gasteiger partial charge in [-0.15, -0.1) is 11.3 Å². The fourth-order valence-electron chi connectivity index (χ4n) is 1.98. The van der Waals surface area contributed by atoms with Crippen LogP contribution in [0.25, 0.3) is 5.13 Å². The summed E-state index contributed by atoms with van der Waals surface area (Å²) in [6, 6.07) is 1.95. The van der Waals surface area contributed by atoms with Crippen LogP contribution >= 0.6 is 11.3 Å². The number of rotatable bonds is 2. The molecule has 5 nitrogen and oxygen atoms in total. The lowest BCUT2D eigenvalue weighted by Crippen LogP contribution is -2.41. The first-order chi connectivity index (χ1) is 9.28. The SMILES string of the molecule is Cc1ccn(-c2nc(B3OC(C)(C)C(C)(C)O3)cs2)n1.